The first-order valence-corrected chi connectivity index (χ1v) is 6.41. The van der Waals surface area contributed by atoms with E-state index in [4.69, 9.17) is 17.0 Å². The van der Waals surface area contributed by atoms with Crippen LogP contribution < -0.4 is 0 Å². The van der Waals surface area contributed by atoms with Gasteiger partial charge in [-0.25, -0.2) is 0 Å². The maximum atomic E-state index is 5.38. The number of thiocarbonyl (C=S) groups is 1. The molecule has 1 radical (unpaired) electrons. The number of hydrogen-bond donors (Lipinski definition) is 1. The van der Waals surface area contributed by atoms with E-state index in [2.05, 4.69) is 33.8 Å². The van der Waals surface area contributed by atoms with Crippen molar-refractivity contribution in [3.8, 4) is 0 Å². The van der Waals surface area contributed by atoms with Gasteiger partial charge in [-0.3, -0.25) is 0 Å². The number of nitrogens with zero attached hydrogens (tertiary/aromatic N) is 1. The summed E-state index contributed by atoms with van der Waals surface area (Å²) in [6, 6.07) is 0. The zero-order valence-corrected chi connectivity index (χ0v) is 12.1. The molecule has 1 fully saturated rings. The van der Waals surface area contributed by atoms with Crippen molar-refractivity contribution in [2.45, 2.75) is 30.9 Å². The van der Waals surface area contributed by atoms with E-state index >= 15 is 0 Å². The van der Waals surface area contributed by atoms with Crippen molar-refractivity contribution in [3.05, 3.63) is 12.0 Å². The fourth-order valence-corrected chi connectivity index (χ4v) is 2.45. The highest BCUT2D eigenvalue weighted by Crippen LogP contribution is 2.71. The van der Waals surface area contributed by atoms with Gasteiger partial charge in [0.1, 0.15) is 13.0 Å². The van der Waals surface area contributed by atoms with Crippen LogP contribution >= 0.6 is 24.8 Å². The predicted octanol–water partition coefficient (Wildman–Crippen LogP) is 2.76. The third kappa shape index (κ3) is 2.75. The predicted molar refractivity (Wildman–Crippen MR) is 77.5 cm³/mol. The van der Waals surface area contributed by atoms with E-state index in [1.165, 1.54) is 0 Å². The molecule has 0 amide bonds. The Hall–Kier alpha value is -0.155. The van der Waals surface area contributed by atoms with Crippen molar-refractivity contribution < 1.29 is 4.74 Å². The molecule has 1 saturated heterocycles. The van der Waals surface area contributed by atoms with E-state index in [0.29, 0.717) is 0 Å². The van der Waals surface area contributed by atoms with Crippen molar-refractivity contribution in [3.63, 3.8) is 0 Å². The minimum Gasteiger partial charge on any atom is -0.500 e. The number of allylic oxidation sites excluding steroid dienone is 1. The highest BCUT2D eigenvalue weighted by Gasteiger charge is 2.60. The maximum absolute atomic E-state index is 5.38. The summed E-state index contributed by atoms with van der Waals surface area (Å²) in [6.45, 7) is 4.48. The Bertz CT molecular complexity index is 310. The summed E-state index contributed by atoms with van der Waals surface area (Å²) in [4.78, 5) is 1.83. The fourth-order valence-electron chi connectivity index (χ4n) is 1.94. The molecule has 2 unspecified atom stereocenters. The molecule has 1 aliphatic rings. The van der Waals surface area contributed by atoms with Crippen LogP contribution in [0.15, 0.2) is 12.0 Å². The molecule has 0 aliphatic carbocycles. The van der Waals surface area contributed by atoms with Crippen LogP contribution in [-0.4, -0.2) is 37.6 Å². The van der Waals surface area contributed by atoms with Crippen molar-refractivity contribution >= 4 is 37.6 Å². The lowest BCUT2D eigenvalue weighted by Crippen LogP contribution is -2.09. The Kier molecular flexibility index (Phi) is 4.35. The number of hydrogen-bond acceptors (Lipinski definition) is 3. The summed E-state index contributed by atoms with van der Waals surface area (Å²) < 4.78 is 5.38. The minimum absolute atomic E-state index is 0.193. The van der Waals surface area contributed by atoms with Gasteiger partial charge in [0.25, 0.3) is 0 Å². The lowest BCUT2D eigenvalue weighted by atomic mass is 9.86. The van der Waals surface area contributed by atoms with Gasteiger partial charge in [0.2, 0.25) is 0 Å². The molecule has 2 nitrogen and oxygen atoms in total. The molecule has 0 aromatic carbocycles. The van der Waals surface area contributed by atoms with Crippen LogP contribution in [0.4, 0.5) is 0 Å². The van der Waals surface area contributed by atoms with Gasteiger partial charge < -0.3 is 9.64 Å². The molecule has 0 N–H and O–H groups in total. The minimum atomic E-state index is 0.193. The third-order valence-electron chi connectivity index (χ3n) is 3.50. The first-order chi connectivity index (χ1) is 7.40. The number of thiol groups is 1. The van der Waals surface area contributed by atoms with Crippen LogP contribution in [0.3, 0.4) is 0 Å². The lowest BCUT2D eigenvalue weighted by Gasteiger charge is -2.20. The third-order valence-corrected chi connectivity index (χ3v) is 4.49. The second-order valence-electron chi connectivity index (χ2n) is 4.88. The Balaban J connectivity index is 2.66. The van der Waals surface area contributed by atoms with Gasteiger partial charge in [0.15, 0.2) is 0 Å². The molecule has 1 heterocycles. The molecule has 89 valence electrons. The average Bonchev–Trinajstić information content (AvgIpc) is 2.80. The highest BCUT2D eigenvalue weighted by atomic mass is 32.1. The summed E-state index contributed by atoms with van der Waals surface area (Å²) in [5.41, 5.74) is 1.59. The zero-order chi connectivity index (χ0) is 12.4. The van der Waals surface area contributed by atoms with E-state index in [-0.39, 0.29) is 10.6 Å². The van der Waals surface area contributed by atoms with Crippen LogP contribution in [0, 0.1) is 0 Å². The molecule has 0 aromatic rings. The summed E-state index contributed by atoms with van der Waals surface area (Å²) in [7, 11) is 5.95. The number of ether oxygens (including phenoxy) is 1. The second kappa shape index (κ2) is 5.00. The van der Waals surface area contributed by atoms with Gasteiger partial charge in [-0.15, -0.1) is 0 Å². The van der Waals surface area contributed by atoms with Gasteiger partial charge in [-0.2, -0.15) is 12.6 Å². The molecular formula is C11H19BNOS2. The van der Waals surface area contributed by atoms with Crippen LogP contribution in [0.1, 0.15) is 20.3 Å². The van der Waals surface area contributed by atoms with Gasteiger partial charge >= 0.3 is 0 Å². The van der Waals surface area contributed by atoms with Gasteiger partial charge in [-0.05, 0) is 5.75 Å². The summed E-state index contributed by atoms with van der Waals surface area (Å²) in [6.07, 6.45) is 2.83. The molecule has 5 heteroatoms. The maximum Gasteiger partial charge on any atom is 0.126 e. The molecule has 0 spiro atoms. The smallest absolute Gasteiger partial charge is 0.126 e. The standard InChI is InChI=1S/C11H19BNOS2/c1-10(11(2,7-15)12-10)5-9(14-4)6-13(3)8-16/h6,8,15H,5,7H2,1-4H3/b9-6-. The van der Waals surface area contributed by atoms with E-state index in [0.717, 1.165) is 17.9 Å². The Morgan fingerprint density at radius 3 is 2.50 bits per heavy atom. The Morgan fingerprint density at radius 1 is 1.50 bits per heavy atom. The summed E-state index contributed by atoms with van der Waals surface area (Å²) in [5.74, 6) is 1.83. The van der Waals surface area contributed by atoms with E-state index in [1.807, 2.05) is 18.1 Å². The highest BCUT2D eigenvalue weighted by molar-refractivity contribution is 7.80. The first-order valence-electron chi connectivity index (χ1n) is 5.30. The summed E-state index contributed by atoms with van der Waals surface area (Å²) >= 11 is 9.24. The molecule has 0 saturated carbocycles. The lowest BCUT2D eigenvalue weighted by molar-refractivity contribution is 0.260. The molecular weight excluding hydrogens is 237 g/mol. The van der Waals surface area contributed by atoms with Crippen LogP contribution in [0.5, 0.6) is 0 Å². The van der Waals surface area contributed by atoms with Gasteiger partial charge in [0, 0.05) is 19.7 Å². The van der Waals surface area contributed by atoms with E-state index in [9.17, 15) is 0 Å². The van der Waals surface area contributed by atoms with Crippen molar-refractivity contribution in [2.24, 2.45) is 0 Å². The number of methoxy groups -OCH3 is 1. The molecule has 0 aromatic heterocycles. The second-order valence-corrected chi connectivity index (χ2v) is 5.41. The molecule has 16 heavy (non-hydrogen) atoms. The quantitative estimate of drug-likeness (QED) is 0.340. The van der Waals surface area contributed by atoms with Crippen molar-refractivity contribution in [1.29, 1.82) is 0 Å². The molecule has 0 bridgehead atoms. The fraction of sp³-hybridized carbons (Fsp3) is 0.727. The Morgan fingerprint density at radius 2 is 2.12 bits per heavy atom. The van der Waals surface area contributed by atoms with Crippen LogP contribution in [-0.2, 0) is 4.74 Å². The SMILES string of the molecule is CO/C(=C\N(C)C=S)CC1(C)[B]C1(C)CS. The Labute approximate surface area is 110 Å². The topological polar surface area (TPSA) is 12.5 Å². The number of rotatable bonds is 6. The molecule has 1 rings (SSSR count). The van der Waals surface area contributed by atoms with E-state index in [1.54, 1.807) is 12.6 Å². The van der Waals surface area contributed by atoms with Crippen LogP contribution in [0.2, 0.25) is 10.6 Å². The monoisotopic (exact) mass is 256 g/mol. The molecule has 2 atom stereocenters. The summed E-state index contributed by atoms with van der Waals surface area (Å²) in [5, 5.41) is 0.420. The zero-order valence-electron chi connectivity index (χ0n) is 10.4. The normalized spacial score (nSPS) is 32.9. The van der Waals surface area contributed by atoms with Crippen LogP contribution in [0.25, 0.3) is 0 Å². The van der Waals surface area contributed by atoms with Gasteiger partial charge in [-0.1, -0.05) is 36.7 Å². The van der Waals surface area contributed by atoms with E-state index < -0.39 is 0 Å². The van der Waals surface area contributed by atoms with Crippen molar-refractivity contribution in [2.75, 3.05) is 19.9 Å². The average molecular weight is 256 g/mol. The first kappa shape index (κ1) is 13.9. The van der Waals surface area contributed by atoms with Crippen molar-refractivity contribution in [1.82, 2.24) is 4.90 Å². The largest absolute Gasteiger partial charge is 0.500 e. The van der Waals surface area contributed by atoms with Gasteiger partial charge in [0.05, 0.1) is 12.6 Å². The molecule has 1 aliphatic heterocycles.